The molecule has 1 aliphatic carbocycles. The number of anilines is 2. The molecule has 1 fully saturated rings. The molecule has 0 spiro atoms. The van der Waals surface area contributed by atoms with Crippen molar-refractivity contribution in [1.29, 1.82) is 0 Å². The van der Waals surface area contributed by atoms with Crippen molar-refractivity contribution >= 4 is 32.9 Å². The zero-order valence-corrected chi connectivity index (χ0v) is 18.6. The average molecular weight is 438 g/mol. The molecule has 0 saturated heterocycles. The first kappa shape index (κ1) is 20.7. The molecule has 4 rings (SSSR count). The average Bonchev–Trinajstić information content (AvgIpc) is 3.22. The number of aliphatic hydroxyl groups is 1. The number of hydrogen-bond acceptors (Lipinski definition) is 5. The van der Waals surface area contributed by atoms with Crippen molar-refractivity contribution < 1.29 is 13.5 Å². The molecule has 0 bridgehead atoms. The number of sulfone groups is 1. The molecule has 1 aliphatic heterocycles. The van der Waals surface area contributed by atoms with E-state index in [0.29, 0.717) is 12.8 Å². The van der Waals surface area contributed by atoms with Crippen LogP contribution in [-0.4, -0.2) is 35.2 Å². The largest absolute Gasteiger partial charge is 0.393 e. The highest BCUT2D eigenvalue weighted by Crippen LogP contribution is 2.40. The molecule has 2 heterocycles. The van der Waals surface area contributed by atoms with Crippen LogP contribution in [0.1, 0.15) is 63.6 Å². The van der Waals surface area contributed by atoms with Gasteiger partial charge in [-0.15, -0.1) is 0 Å². The number of aliphatic hydroxyl groups excluding tert-OH is 1. The maximum atomic E-state index is 12.6. The molecule has 0 radical (unpaired) electrons. The van der Waals surface area contributed by atoms with Crippen molar-refractivity contribution in [2.75, 3.05) is 11.1 Å². The van der Waals surface area contributed by atoms with Crippen LogP contribution in [0.3, 0.4) is 0 Å². The predicted octanol–water partition coefficient (Wildman–Crippen LogP) is 4.38. The van der Waals surface area contributed by atoms with E-state index in [1.165, 1.54) is 0 Å². The zero-order valence-electron chi connectivity index (χ0n) is 17.1. The van der Waals surface area contributed by atoms with Crippen molar-refractivity contribution in [3.8, 4) is 0 Å². The molecule has 1 aromatic heterocycles. The fourth-order valence-corrected chi connectivity index (χ4v) is 6.62. The number of nitrogens with zero attached hydrogens (tertiary/aromatic N) is 2. The molecule has 2 aliphatic rings. The Labute approximate surface area is 177 Å². The van der Waals surface area contributed by atoms with Gasteiger partial charge in [-0.2, -0.15) is 5.10 Å². The third kappa shape index (κ3) is 3.92. The molecule has 29 heavy (non-hydrogen) atoms. The third-order valence-electron chi connectivity index (χ3n) is 5.81. The fraction of sp³-hybridized carbons (Fsp3) is 0.571. The van der Waals surface area contributed by atoms with Crippen LogP contribution in [-0.2, 0) is 21.8 Å². The molecule has 2 N–H and O–H groups in total. The monoisotopic (exact) mass is 437 g/mol. The number of rotatable bonds is 3. The van der Waals surface area contributed by atoms with E-state index in [-0.39, 0.29) is 33.2 Å². The van der Waals surface area contributed by atoms with E-state index in [1.54, 1.807) is 6.07 Å². The van der Waals surface area contributed by atoms with E-state index < -0.39 is 9.84 Å². The Morgan fingerprint density at radius 3 is 2.69 bits per heavy atom. The fourth-order valence-electron chi connectivity index (χ4n) is 4.41. The van der Waals surface area contributed by atoms with Crippen LogP contribution in [0.15, 0.2) is 23.1 Å². The Hall–Kier alpha value is -1.57. The maximum Gasteiger partial charge on any atom is 0.180 e. The first-order valence-electron chi connectivity index (χ1n) is 10.2. The molecule has 0 unspecified atom stereocenters. The van der Waals surface area contributed by atoms with Gasteiger partial charge in [0.15, 0.2) is 9.84 Å². The van der Waals surface area contributed by atoms with Gasteiger partial charge >= 0.3 is 0 Å². The van der Waals surface area contributed by atoms with E-state index in [1.807, 2.05) is 16.8 Å². The number of hydrogen-bond donors (Lipinski definition) is 2. The summed E-state index contributed by atoms with van der Waals surface area (Å²) in [6.45, 7) is 6.25. The molecular weight excluding hydrogens is 410 g/mol. The van der Waals surface area contributed by atoms with Crippen LogP contribution in [0, 0.1) is 0 Å². The lowest BCUT2D eigenvalue weighted by Gasteiger charge is -2.25. The van der Waals surface area contributed by atoms with Crippen LogP contribution in [0.4, 0.5) is 11.5 Å². The molecule has 1 aromatic carbocycles. The Morgan fingerprint density at radius 2 is 2.03 bits per heavy atom. The van der Waals surface area contributed by atoms with E-state index in [0.717, 1.165) is 42.0 Å². The van der Waals surface area contributed by atoms with E-state index >= 15 is 0 Å². The van der Waals surface area contributed by atoms with Crippen LogP contribution < -0.4 is 5.32 Å². The molecule has 0 amide bonds. The second-order valence-corrected chi connectivity index (χ2v) is 11.6. The van der Waals surface area contributed by atoms with Crippen molar-refractivity contribution in [2.45, 2.75) is 75.3 Å². The van der Waals surface area contributed by atoms with Gasteiger partial charge in [0.25, 0.3) is 0 Å². The van der Waals surface area contributed by atoms with Gasteiger partial charge in [0.1, 0.15) is 5.82 Å². The zero-order chi connectivity index (χ0) is 21.0. The lowest BCUT2D eigenvalue weighted by Crippen LogP contribution is -2.25. The van der Waals surface area contributed by atoms with Gasteiger partial charge in [0.2, 0.25) is 0 Å². The summed E-state index contributed by atoms with van der Waals surface area (Å²) in [6, 6.07) is 5.53. The molecule has 158 valence electrons. The van der Waals surface area contributed by atoms with Gasteiger partial charge in [-0.25, -0.2) is 13.1 Å². The lowest BCUT2D eigenvalue weighted by molar-refractivity contribution is 0.181. The van der Waals surface area contributed by atoms with Gasteiger partial charge in [-0.1, -0.05) is 11.6 Å². The van der Waals surface area contributed by atoms with E-state index in [4.69, 9.17) is 16.7 Å². The van der Waals surface area contributed by atoms with Crippen LogP contribution in [0.2, 0.25) is 5.02 Å². The predicted molar refractivity (Wildman–Crippen MR) is 115 cm³/mol. The highest BCUT2D eigenvalue weighted by atomic mass is 35.5. The minimum atomic E-state index is -3.36. The minimum absolute atomic E-state index is 0.136. The van der Waals surface area contributed by atoms with Gasteiger partial charge in [-0.05, 0) is 70.6 Å². The first-order valence-corrected chi connectivity index (χ1v) is 12.2. The summed E-state index contributed by atoms with van der Waals surface area (Å²) in [5, 5.41) is 18.5. The number of halogens is 1. The molecule has 2 aromatic rings. The first-order chi connectivity index (χ1) is 13.6. The van der Waals surface area contributed by atoms with Crippen LogP contribution in [0.25, 0.3) is 0 Å². The van der Waals surface area contributed by atoms with Crippen molar-refractivity contribution in [3.63, 3.8) is 0 Å². The molecular formula is C21H28ClN3O3S. The number of nitrogens with one attached hydrogen (secondary N) is 1. The molecule has 2 atom stereocenters. The van der Waals surface area contributed by atoms with Crippen molar-refractivity contribution in [3.05, 3.63) is 34.5 Å². The summed E-state index contributed by atoms with van der Waals surface area (Å²) in [7, 11) is -3.36. The number of benzene rings is 1. The lowest BCUT2D eigenvalue weighted by atomic mass is 10.0. The highest BCUT2D eigenvalue weighted by molar-refractivity contribution is 7.91. The second-order valence-electron chi connectivity index (χ2n) is 9.15. The quantitative estimate of drug-likeness (QED) is 0.744. The Balaban J connectivity index is 1.76. The van der Waals surface area contributed by atoms with E-state index in [9.17, 15) is 13.5 Å². The molecule has 1 saturated carbocycles. The number of fused-ring (bicyclic) bond motifs is 1. The van der Waals surface area contributed by atoms with Crippen LogP contribution in [0.5, 0.6) is 0 Å². The molecule has 8 heteroatoms. The summed E-state index contributed by atoms with van der Waals surface area (Å²) >= 11 is 6.26. The summed E-state index contributed by atoms with van der Waals surface area (Å²) in [6.07, 6.45) is 3.46. The Kier molecular flexibility index (Phi) is 5.20. The van der Waals surface area contributed by atoms with Gasteiger partial charge in [0, 0.05) is 17.7 Å². The third-order valence-corrected chi connectivity index (χ3v) is 8.15. The second kappa shape index (κ2) is 7.29. The summed E-state index contributed by atoms with van der Waals surface area (Å²) in [5.74, 6) is 1.20. The Bertz CT molecular complexity index is 1040. The summed E-state index contributed by atoms with van der Waals surface area (Å²) < 4.78 is 27.1. The smallest absolute Gasteiger partial charge is 0.180 e. The van der Waals surface area contributed by atoms with Gasteiger partial charge in [-0.3, -0.25) is 0 Å². The normalized spacial score (nSPS) is 23.8. The van der Waals surface area contributed by atoms with Gasteiger partial charge in [0.05, 0.1) is 33.0 Å². The van der Waals surface area contributed by atoms with Gasteiger partial charge < -0.3 is 10.4 Å². The number of aromatic nitrogens is 2. The standard InChI is InChI=1S/C21H28ClN3O3S/c1-21(2,3)25-19(12-18(24-25)13-6-7-14(26)11-13)23-17-9-8-16(22)20-15(17)5-4-10-29(20,27)28/h8-9,12-14,23,26H,4-7,10-11H2,1-3H3/t13-,14+/m0/s1. The molecule has 6 nitrogen and oxygen atoms in total. The summed E-state index contributed by atoms with van der Waals surface area (Å²) in [4.78, 5) is 0.261. The topological polar surface area (TPSA) is 84.2 Å². The SMILES string of the molecule is CC(C)(C)n1nc([C@H]2CC[C@@H](O)C2)cc1Nc1ccc(Cl)c2c1CCCS2(=O)=O. The maximum absolute atomic E-state index is 12.6. The Morgan fingerprint density at radius 1 is 1.28 bits per heavy atom. The van der Waals surface area contributed by atoms with Crippen molar-refractivity contribution in [1.82, 2.24) is 9.78 Å². The van der Waals surface area contributed by atoms with Crippen LogP contribution >= 0.6 is 11.6 Å². The highest BCUT2D eigenvalue weighted by Gasteiger charge is 2.31. The van der Waals surface area contributed by atoms with E-state index in [2.05, 4.69) is 26.1 Å². The summed E-state index contributed by atoms with van der Waals surface area (Å²) in [5.41, 5.74) is 2.23. The van der Waals surface area contributed by atoms with Crippen molar-refractivity contribution in [2.24, 2.45) is 0 Å². The minimum Gasteiger partial charge on any atom is -0.393 e.